The molecule has 8 atom stereocenters. The average molecular weight is 1540 g/mol. The van der Waals surface area contributed by atoms with Gasteiger partial charge in [-0.2, -0.15) is 0 Å². The van der Waals surface area contributed by atoms with Crippen molar-refractivity contribution in [3.8, 4) is 0 Å². The van der Waals surface area contributed by atoms with Gasteiger partial charge < -0.3 is 33.8 Å². The average Bonchev–Trinajstić information content (AvgIpc) is 0.931. The lowest BCUT2D eigenvalue weighted by atomic mass is 9.99. The molecule has 0 heterocycles. The topological polar surface area (TPSA) is 237 Å². The minimum Gasteiger partial charge on any atom is -0.462 e. The quantitative estimate of drug-likeness (QED) is 0.0222. The first kappa shape index (κ1) is 103. The SMILES string of the molecule is CCC(C)CCCCCCCCCCCCCCCCC(=O)OC[C@H](COP(=O)(O)OC[C@@H](O)COP(=O)(O)OC[C@@H](COC(=O)CCCCCCCCCCC(C)CC)OC(=O)CCCCCCCCCCCCC(C)CC)OC(=O)CCCCCCCCCCCCCCCCCCCCC(C)C. The van der Waals surface area contributed by atoms with Crippen molar-refractivity contribution in [3.05, 3.63) is 0 Å². The molecule has 0 radical (unpaired) electrons. The van der Waals surface area contributed by atoms with Gasteiger partial charge in [-0.15, -0.1) is 0 Å². The van der Waals surface area contributed by atoms with Crippen LogP contribution in [-0.4, -0.2) is 96.7 Å². The van der Waals surface area contributed by atoms with E-state index in [0.717, 1.165) is 114 Å². The van der Waals surface area contributed by atoms with Gasteiger partial charge in [0.1, 0.15) is 19.3 Å². The van der Waals surface area contributed by atoms with E-state index in [1.165, 1.54) is 250 Å². The highest BCUT2D eigenvalue weighted by atomic mass is 31.2. The van der Waals surface area contributed by atoms with Gasteiger partial charge in [0.15, 0.2) is 12.2 Å². The molecule has 0 bridgehead atoms. The van der Waals surface area contributed by atoms with Gasteiger partial charge in [-0.25, -0.2) is 9.13 Å². The van der Waals surface area contributed by atoms with Crippen LogP contribution in [0.5, 0.6) is 0 Å². The van der Waals surface area contributed by atoms with Gasteiger partial charge in [0, 0.05) is 25.7 Å². The third kappa shape index (κ3) is 75.9. The van der Waals surface area contributed by atoms with Gasteiger partial charge in [0.25, 0.3) is 0 Å². The molecule has 17 nitrogen and oxygen atoms in total. The van der Waals surface area contributed by atoms with Crippen molar-refractivity contribution >= 4 is 39.5 Å². The fourth-order valence-corrected chi connectivity index (χ4v) is 14.8. The van der Waals surface area contributed by atoms with E-state index in [0.29, 0.717) is 25.7 Å². The Morgan fingerprint density at radius 3 is 0.676 bits per heavy atom. The second-order valence-electron chi connectivity index (χ2n) is 32.1. The molecule has 0 fully saturated rings. The summed E-state index contributed by atoms with van der Waals surface area (Å²) in [4.78, 5) is 73.2. The van der Waals surface area contributed by atoms with Gasteiger partial charge in [0.05, 0.1) is 26.4 Å². The number of aliphatic hydroxyl groups excluding tert-OH is 1. The van der Waals surface area contributed by atoms with Gasteiger partial charge in [-0.3, -0.25) is 37.3 Å². The summed E-state index contributed by atoms with van der Waals surface area (Å²) < 4.78 is 68.9. The molecule has 0 aliphatic rings. The number of hydrogen-bond acceptors (Lipinski definition) is 15. The number of phosphoric acid groups is 2. The van der Waals surface area contributed by atoms with Crippen molar-refractivity contribution in [2.24, 2.45) is 23.7 Å². The first-order chi connectivity index (χ1) is 50.7. The highest BCUT2D eigenvalue weighted by molar-refractivity contribution is 7.47. The number of rotatable bonds is 83. The summed E-state index contributed by atoms with van der Waals surface area (Å²) in [5.74, 6) is 1.14. The van der Waals surface area contributed by atoms with Crippen molar-refractivity contribution in [1.29, 1.82) is 0 Å². The Bertz CT molecular complexity index is 2050. The molecule has 0 spiro atoms. The Hall–Kier alpha value is -1.94. The lowest BCUT2D eigenvalue weighted by Gasteiger charge is -2.21. The molecule has 3 N–H and O–H groups in total. The molecule has 0 aromatic heterocycles. The molecule has 19 heteroatoms. The summed E-state index contributed by atoms with van der Waals surface area (Å²) in [5.41, 5.74) is 0. The maximum Gasteiger partial charge on any atom is 0.472 e. The number of hydrogen-bond donors (Lipinski definition) is 3. The van der Waals surface area contributed by atoms with Gasteiger partial charge in [0.2, 0.25) is 0 Å². The zero-order chi connectivity index (χ0) is 77.4. The number of carbonyl (C=O) groups excluding carboxylic acids is 4. The van der Waals surface area contributed by atoms with E-state index in [2.05, 4.69) is 55.4 Å². The molecule has 0 rings (SSSR count). The first-order valence-electron chi connectivity index (χ1n) is 44.3. The maximum absolute atomic E-state index is 13.2. The van der Waals surface area contributed by atoms with E-state index >= 15 is 0 Å². The van der Waals surface area contributed by atoms with Crippen molar-refractivity contribution in [1.82, 2.24) is 0 Å². The van der Waals surface area contributed by atoms with E-state index < -0.39 is 97.5 Å². The van der Waals surface area contributed by atoms with E-state index in [4.69, 9.17) is 37.0 Å². The summed E-state index contributed by atoms with van der Waals surface area (Å²) in [7, 11) is -9.93. The van der Waals surface area contributed by atoms with E-state index in [1.807, 2.05) is 0 Å². The lowest BCUT2D eigenvalue weighted by molar-refractivity contribution is -0.161. The second kappa shape index (κ2) is 74.8. The number of esters is 4. The fourth-order valence-electron chi connectivity index (χ4n) is 13.2. The number of ether oxygens (including phenoxy) is 4. The van der Waals surface area contributed by atoms with Crippen LogP contribution in [0.4, 0.5) is 0 Å². The van der Waals surface area contributed by atoms with Gasteiger partial charge >= 0.3 is 39.5 Å². The lowest BCUT2D eigenvalue weighted by Crippen LogP contribution is -2.30. The molecule has 624 valence electrons. The fraction of sp³-hybridized carbons (Fsp3) is 0.953. The summed E-state index contributed by atoms with van der Waals surface area (Å²) in [6.07, 6.45) is 63.7. The largest absolute Gasteiger partial charge is 0.472 e. The molecule has 0 saturated heterocycles. The second-order valence-corrected chi connectivity index (χ2v) is 35.0. The van der Waals surface area contributed by atoms with Crippen molar-refractivity contribution in [3.63, 3.8) is 0 Å². The molecule has 0 aromatic rings. The number of carbonyl (C=O) groups is 4. The number of phosphoric ester groups is 2. The van der Waals surface area contributed by atoms with Crippen molar-refractivity contribution in [2.45, 2.75) is 465 Å². The van der Waals surface area contributed by atoms with E-state index in [-0.39, 0.29) is 25.7 Å². The standard InChI is InChI=1S/C86H168O17P2/c1-9-77(6)63-55-47-39-31-25-21-18-19-22-26-33-42-50-58-66-83(88)96-72-81(102-85(90)68-60-52-44-34-27-23-17-15-13-12-14-16-20-24-30-38-46-54-62-76(4)5)74-100-104(92,93)98-70-80(87)71-99-105(94,95)101-75-82(73-97-84(89)67-59-51-43-37-36-41-49-57-65-79(8)11-3)103-86(91)69-61-53-45-35-29-28-32-40-48-56-64-78(7)10-2/h76-82,87H,9-75H2,1-8H3,(H,92,93)(H,94,95)/t77?,78?,79?,80-,81-,82-/m1/s1. The van der Waals surface area contributed by atoms with Crippen molar-refractivity contribution < 1.29 is 80.2 Å². The molecular formula is C86H168O17P2. The third-order valence-electron chi connectivity index (χ3n) is 21.2. The predicted octanol–water partition coefficient (Wildman–Crippen LogP) is 25.9. The first-order valence-corrected chi connectivity index (χ1v) is 47.3. The smallest absolute Gasteiger partial charge is 0.462 e. The monoisotopic (exact) mass is 1540 g/mol. The third-order valence-corrected chi connectivity index (χ3v) is 23.1. The molecular weight excluding hydrogens is 1370 g/mol. The van der Waals surface area contributed by atoms with Crippen LogP contribution in [0.2, 0.25) is 0 Å². The predicted molar refractivity (Wildman–Crippen MR) is 432 cm³/mol. The zero-order valence-electron chi connectivity index (χ0n) is 69.4. The van der Waals surface area contributed by atoms with Gasteiger partial charge in [-0.05, 0) is 49.4 Å². The molecule has 0 aliphatic carbocycles. The molecule has 105 heavy (non-hydrogen) atoms. The normalized spacial score (nSPS) is 14.7. The van der Waals surface area contributed by atoms with E-state index in [1.54, 1.807) is 0 Å². The Balaban J connectivity index is 5.26. The van der Waals surface area contributed by atoms with Crippen LogP contribution in [0.1, 0.15) is 447 Å². The maximum atomic E-state index is 13.2. The highest BCUT2D eigenvalue weighted by Gasteiger charge is 2.31. The number of aliphatic hydroxyl groups is 1. The zero-order valence-corrected chi connectivity index (χ0v) is 71.2. The van der Waals surface area contributed by atoms with Crippen LogP contribution >= 0.6 is 15.6 Å². The molecule has 0 aromatic carbocycles. The molecule has 0 amide bonds. The summed E-state index contributed by atoms with van der Waals surface area (Å²) in [6.45, 7) is 14.4. The van der Waals surface area contributed by atoms with Crippen LogP contribution in [0.15, 0.2) is 0 Å². The minimum atomic E-state index is -4.97. The summed E-state index contributed by atoms with van der Waals surface area (Å²) >= 11 is 0. The van der Waals surface area contributed by atoms with E-state index in [9.17, 15) is 43.2 Å². The summed E-state index contributed by atoms with van der Waals surface area (Å²) in [6, 6.07) is 0. The van der Waals surface area contributed by atoms with Crippen LogP contribution < -0.4 is 0 Å². The molecule has 0 saturated carbocycles. The molecule has 0 aliphatic heterocycles. The highest BCUT2D eigenvalue weighted by Crippen LogP contribution is 2.45. The molecule has 5 unspecified atom stereocenters. The van der Waals surface area contributed by atoms with Crippen LogP contribution in [-0.2, 0) is 65.4 Å². The Morgan fingerprint density at radius 1 is 0.267 bits per heavy atom. The summed E-state index contributed by atoms with van der Waals surface area (Å²) in [5, 5.41) is 10.7. The van der Waals surface area contributed by atoms with Crippen molar-refractivity contribution in [2.75, 3.05) is 39.6 Å². The minimum absolute atomic E-state index is 0.106. The number of unbranched alkanes of at least 4 members (excludes halogenated alkanes) is 46. The Morgan fingerprint density at radius 2 is 0.457 bits per heavy atom. The Kier molecular flexibility index (Phi) is 73.4. The van der Waals surface area contributed by atoms with Crippen LogP contribution in [0.3, 0.4) is 0 Å². The van der Waals surface area contributed by atoms with Crippen LogP contribution in [0.25, 0.3) is 0 Å². The van der Waals surface area contributed by atoms with Gasteiger partial charge in [-0.1, -0.05) is 396 Å². The Labute approximate surface area is 645 Å². The van der Waals surface area contributed by atoms with Crippen LogP contribution in [0, 0.1) is 23.7 Å².